The Hall–Kier alpha value is -1.96. The number of methoxy groups -OCH3 is 1. The smallest absolute Gasteiger partial charge is 0.127 e. The Bertz CT molecular complexity index is 503. The van der Waals surface area contributed by atoms with Gasteiger partial charge in [0.1, 0.15) is 18.1 Å². The fourth-order valence-electron chi connectivity index (χ4n) is 1.63. The number of hydrogen-bond acceptors (Lipinski definition) is 2. The van der Waals surface area contributed by atoms with Crippen LogP contribution in [0.1, 0.15) is 0 Å². The van der Waals surface area contributed by atoms with Crippen LogP contribution in [0.3, 0.4) is 0 Å². The highest BCUT2D eigenvalue weighted by Crippen LogP contribution is 2.28. The summed E-state index contributed by atoms with van der Waals surface area (Å²) in [6.45, 7) is 4.16. The minimum absolute atomic E-state index is 0.519. The van der Waals surface area contributed by atoms with Crippen molar-refractivity contribution in [2.75, 3.05) is 13.7 Å². The molecule has 2 aromatic rings. The first kappa shape index (κ1) is 10.6. The summed E-state index contributed by atoms with van der Waals surface area (Å²) in [5, 5.41) is 2.20. The molecule has 0 amide bonds. The lowest BCUT2D eigenvalue weighted by molar-refractivity contribution is 0.367. The molecule has 0 bridgehead atoms. The maximum atomic E-state index is 5.58. The van der Waals surface area contributed by atoms with Gasteiger partial charge in [-0.25, -0.2) is 0 Å². The van der Waals surface area contributed by atoms with Crippen LogP contribution in [-0.2, 0) is 0 Å². The van der Waals surface area contributed by atoms with Crippen LogP contribution in [0.4, 0.5) is 0 Å². The van der Waals surface area contributed by atoms with Crippen LogP contribution in [0.15, 0.2) is 49.1 Å². The minimum atomic E-state index is 0.519. The predicted octanol–water partition coefficient (Wildman–Crippen LogP) is 3.41. The molecule has 0 N–H and O–H groups in total. The molecule has 0 saturated heterocycles. The largest absolute Gasteiger partial charge is 0.497 e. The van der Waals surface area contributed by atoms with Crippen molar-refractivity contribution >= 4 is 10.8 Å². The van der Waals surface area contributed by atoms with Crippen molar-refractivity contribution in [3.8, 4) is 11.5 Å². The molecular formula is C14H14O2. The second kappa shape index (κ2) is 4.71. The summed E-state index contributed by atoms with van der Waals surface area (Å²) in [5.74, 6) is 1.73. The molecule has 16 heavy (non-hydrogen) atoms. The van der Waals surface area contributed by atoms with Gasteiger partial charge in [0.25, 0.3) is 0 Å². The van der Waals surface area contributed by atoms with Gasteiger partial charge in [-0.3, -0.25) is 0 Å². The van der Waals surface area contributed by atoms with Crippen LogP contribution in [0.2, 0.25) is 0 Å². The average Bonchev–Trinajstić information content (AvgIpc) is 2.35. The summed E-state index contributed by atoms with van der Waals surface area (Å²) in [6.07, 6.45) is 1.74. The highest BCUT2D eigenvalue weighted by Gasteiger charge is 2.02. The zero-order valence-electron chi connectivity index (χ0n) is 9.27. The normalized spacial score (nSPS) is 10.1. The SMILES string of the molecule is C=CCOc1cccc2cc(OC)ccc12. The summed E-state index contributed by atoms with van der Waals surface area (Å²) in [5.41, 5.74) is 0. The zero-order chi connectivity index (χ0) is 11.4. The number of hydrogen-bond donors (Lipinski definition) is 0. The van der Waals surface area contributed by atoms with Crippen molar-refractivity contribution in [3.05, 3.63) is 49.1 Å². The predicted molar refractivity (Wildman–Crippen MR) is 66.2 cm³/mol. The monoisotopic (exact) mass is 214 g/mol. The summed E-state index contributed by atoms with van der Waals surface area (Å²) < 4.78 is 10.8. The molecule has 0 heterocycles. The van der Waals surface area contributed by atoms with Crippen LogP contribution in [0.25, 0.3) is 10.8 Å². The fourth-order valence-corrected chi connectivity index (χ4v) is 1.63. The quantitative estimate of drug-likeness (QED) is 0.726. The molecule has 0 aromatic heterocycles. The van der Waals surface area contributed by atoms with E-state index in [0.29, 0.717) is 6.61 Å². The van der Waals surface area contributed by atoms with Crippen molar-refractivity contribution < 1.29 is 9.47 Å². The van der Waals surface area contributed by atoms with Gasteiger partial charge in [-0.1, -0.05) is 24.8 Å². The van der Waals surface area contributed by atoms with Gasteiger partial charge in [0, 0.05) is 5.39 Å². The highest BCUT2D eigenvalue weighted by atomic mass is 16.5. The lowest BCUT2D eigenvalue weighted by Crippen LogP contribution is -1.93. The minimum Gasteiger partial charge on any atom is -0.497 e. The maximum absolute atomic E-state index is 5.58. The van der Waals surface area contributed by atoms with Crippen molar-refractivity contribution in [3.63, 3.8) is 0 Å². The molecule has 82 valence electrons. The zero-order valence-corrected chi connectivity index (χ0v) is 9.27. The van der Waals surface area contributed by atoms with Crippen LogP contribution in [0.5, 0.6) is 11.5 Å². The van der Waals surface area contributed by atoms with Gasteiger partial charge in [0.2, 0.25) is 0 Å². The van der Waals surface area contributed by atoms with E-state index in [9.17, 15) is 0 Å². The number of benzene rings is 2. The van der Waals surface area contributed by atoms with E-state index < -0.39 is 0 Å². The van der Waals surface area contributed by atoms with Crippen molar-refractivity contribution in [2.45, 2.75) is 0 Å². The molecule has 0 radical (unpaired) electrons. The highest BCUT2D eigenvalue weighted by molar-refractivity contribution is 5.89. The van der Waals surface area contributed by atoms with Crippen LogP contribution in [-0.4, -0.2) is 13.7 Å². The van der Waals surface area contributed by atoms with Gasteiger partial charge in [-0.05, 0) is 29.7 Å². The Labute approximate surface area is 95.1 Å². The Balaban J connectivity index is 2.47. The summed E-state index contributed by atoms with van der Waals surface area (Å²) in [6, 6.07) is 11.9. The van der Waals surface area contributed by atoms with E-state index >= 15 is 0 Å². The second-order valence-corrected chi connectivity index (χ2v) is 3.44. The molecule has 2 aromatic carbocycles. The topological polar surface area (TPSA) is 18.5 Å². The van der Waals surface area contributed by atoms with Gasteiger partial charge >= 0.3 is 0 Å². The van der Waals surface area contributed by atoms with E-state index in [1.54, 1.807) is 13.2 Å². The van der Waals surface area contributed by atoms with Gasteiger partial charge < -0.3 is 9.47 Å². The van der Waals surface area contributed by atoms with E-state index in [-0.39, 0.29) is 0 Å². The molecule has 2 rings (SSSR count). The standard InChI is InChI=1S/C14H14O2/c1-3-9-16-14-6-4-5-11-10-12(15-2)7-8-13(11)14/h3-8,10H,1,9H2,2H3. The summed E-state index contributed by atoms with van der Waals surface area (Å²) >= 11 is 0. The van der Waals surface area contributed by atoms with Crippen LogP contribution in [0, 0.1) is 0 Å². The number of rotatable bonds is 4. The van der Waals surface area contributed by atoms with E-state index in [4.69, 9.17) is 9.47 Å². The first-order valence-electron chi connectivity index (χ1n) is 5.15. The maximum Gasteiger partial charge on any atom is 0.127 e. The Morgan fingerprint density at radius 1 is 1.25 bits per heavy atom. The molecule has 0 aliphatic rings. The number of fused-ring (bicyclic) bond motifs is 1. The molecule has 0 fully saturated rings. The molecule has 0 unspecified atom stereocenters. The molecule has 0 aliphatic carbocycles. The van der Waals surface area contributed by atoms with Crippen molar-refractivity contribution in [1.29, 1.82) is 0 Å². The lowest BCUT2D eigenvalue weighted by atomic mass is 10.1. The molecular weight excluding hydrogens is 200 g/mol. The van der Waals surface area contributed by atoms with E-state index in [1.165, 1.54) is 0 Å². The van der Waals surface area contributed by atoms with Gasteiger partial charge in [-0.2, -0.15) is 0 Å². The Morgan fingerprint density at radius 2 is 2.12 bits per heavy atom. The molecule has 0 atom stereocenters. The third kappa shape index (κ3) is 2.01. The fraction of sp³-hybridized carbons (Fsp3) is 0.143. The molecule has 2 nitrogen and oxygen atoms in total. The second-order valence-electron chi connectivity index (χ2n) is 3.44. The molecule has 0 saturated carbocycles. The van der Waals surface area contributed by atoms with Crippen LogP contribution < -0.4 is 9.47 Å². The van der Waals surface area contributed by atoms with E-state index in [1.807, 2.05) is 36.4 Å². The van der Waals surface area contributed by atoms with Gasteiger partial charge in [-0.15, -0.1) is 0 Å². The Morgan fingerprint density at radius 3 is 2.88 bits per heavy atom. The van der Waals surface area contributed by atoms with Gasteiger partial charge in [0.05, 0.1) is 7.11 Å². The third-order valence-corrected chi connectivity index (χ3v) is 2.40. The first-order valence-corrected chi connectivity index (χ1v) is 5.15. The lowest BCUT2D eigenvalue weighted by Gasteiger charge is -2.08. The number of ether oxygens (including phenoxy) is 2. The summed E-state index contributed by atoms with van der Waals surface area (Å²) in [7, 11) is 1.67. The molecule has 0 spiro atoms. The van der Waals surface area contributed by atoms with Crippen molar-refractivity contribution in [1.82, 2.24) is 0 Å². The van der Waals surface area contributed by atoms with Crippen molar-refractivity contribution in [2.24, 2.45) is 0 Å². The summed E-state index contributed by atoms with van der Waals surface area (Å²) in [4.78, 5) is 0. The molecule has 0 aliphatic heterocycles. The first-order chi connectivity index (χ1) is 7.85. The van der Waals surface area contributed by atoms with Gasteiger partial charge in [0.15, 0.2) is 0 Å². The average molecular weight is 214 g/mol. The molecule has 2 heteroatoms. The van der Waals surface area contributed by atoms with E-state index in [0.717, 1.165) is 22.3 Å². The van der Waals surface area contributed by atoms with E-state index in [2.05, 4.69) is 6.58 Å². The third-order valence-electron chi connectivity index (χ3n) is 2.40. The Kier molecular flexibility index (Phi) is 3.10. The van der Waals surface area contributed by atoms with Crippen LogP contribution >= 0.6 is 0 Å².